The molecule has 2 rings (SSSR count). The number of hydrogen-bond donors (Lipinski definition) is 1. The highest BCUT2D eigenvalue weighted by molar-refractivity contribution is 5.77. The van der Waals surface area contributed by atoms with Crippen LogP contribution >= 0.6 is 0 Å². The number of carbonyl (C=O) groups excluding carboxylic acids is 1. The molecule has 1 aromatic carbocycles. The van der Waals surface area contributed by atoms with Crippen molar-refractivity contribution >= 4 is 11.6 Å². The molecule has 0 radical (unpaired) electrons. The Morgan fingerprint density at radius 2 is 2.25 bits per heavy atom. The van der Waals surface area contributed by atoms with Gasteiger partial charge in [0.05, 0.1) is 12.8 Å². The highest BCUT2D eigenvalue weighted by atomic mass is 16.5. The van der Waals surface area contributed by atoms with E-state index in [9.17, 15) is 4.79 Å². The van der Waals surface area contributed by atoms with E-state index >= 15 is 0 Å². The number of aryl methyl sites for hydroxylation is 1. The molecule has 4 heteroatoms. The normalized spacial score (nSPS) is 18.9. The number of rotatable bonds is 4. The summed E-state index contributed by atoms with van der Waals surface area (Å²) in [6, 6.07) is 6.11. The van der Waals surface area contributed by atoms with E-state index < -0.39 is 0 Å². The predicted molar refractivity (Wildman–Crippen MR) is 80.8 cm³/mol. The first kappa shape index (κ1) is 14.7. The quantitative estimate of drug-likeness (QED) is 0.860. The molecule has 0 aliphatic carbocycles. The summed E-state index contributed by atoms with van der Waals surface area (Å²) >= 11 is 0. The highest BCUT2D eigenvalue weighted by Gasteiger charge is 2.22. The molecule has 1 saturated heterocycles. The molecular weight excluding hydrogens is 252 g/mol. The lowest BCUT2D eigenvalue weighted by molar-refractivity contribution is -0.134. The fraction of sp³-hybridized carbons (Fsp3) is 0.562. The van der Waals surface area contributed by atoms with Gasteiger partial charge in [-0.1, -0.05) is 6.07 Å². The first-order valence-electron chi connectivity index (χ1n) is 7.33. The number of ether oxygens (including phenoxy) is 1. The van der Waals surface area contributed by atoms with Crippen molar-refractivity contribution in [3.05, 3.63) is 23.8 Å². The zero-order valence-electron chi connectivity index (χ0n) is 12.4. The van der Waals surface area contributed by atoms with Gasteiger partial charge in [-0.05, 0) is 50.3 Å². The summed E-state index contributed by atoms with van der Waals surface area (Å²) in [4.78, 5) is 14.3. The number of benzene rings is 1. The number of carbonyl (C=O) groups is 1. The molecule has 4 nitrogen and oxygen atoms in total. The van der Waals surface area contributed by atoms with Crippen LogP contribution in [0.4, 0.5) is 5.69 Å². The Morgan fingerprint density at radius 1 is 1.45 bits per heavy atom. The summed E-state index contributed by atoms with van der Waals surface area (Å²) < 4.78 is 5.13. The van der Waals surface area contributed by atoms with Gasteiger partial charge in [0.25, 0.3) is 0 Å². The molecule has 1 heterocycles. The molecule has 1 aromatic rings. The van der Waals surface area contributed by atoms with Crippen LogP contribution in [0, 0.1) is 0 Å². The van der Waals surface area contributed by atoms with E-state index in [2.05, 4.69) is 6.92 Å². The molecule has 110 valence electrons. The third-order valence-corrected chi connectivity index (χ3v) is 4.04. The second-order valence-electron chi connectivity index (χ2n) is 5.51. The first-order chi connectivity index (χ1) is 9.61. The van der Waals surface area contributed by atoms with E-state index in [1.807, 2.05) is 23.1 Å². The lowest BCUT2D eigenvalue weighted by Crippen LogP contribution is -2.42. The molecule has 0 saturated carbocycles. The Hall–Kier alpha value is -1.71. The van der Waals surface area contributed by atoms with Crippen LogP contribution in [0.5, 0.6) is 5.75 Å². The molecule has 2 N–H and O–H groups in total. The highest BCUT2D eigenvalue weighted by Crippen LogP contribution is 2.23. The van der Waals surface area contributed by atoms with Crippen molar-refractivity contribution in [2.24, 2.45) is 0 Å². The summed E-state index contributed by atoms with van der Waals surface area (Å²) in [7, 11) is 1.60. The Kier molecular flexibility index (Phi) is 4.88. The van der Waals surface area contributed by atoms with Gasteiger partial charge in [0.2, 0.25) is 5.91 Å². The number of piperidine rings is 1. The summed E-state index contributed by atoms with van der Waals surface area (Å²) in [5, 5.41) is 0. The smallest absolute Gasteiger partial charge is 0.223 e. The third-order valence-electron chi connectivity index (χ3n) is 4.04. The standard InChI is InChI=1S/C16H24N2O2/c1-12-5-3-4-10-18(12)16(19)9-7-13-6-8-15(20-2)14(17)11-13/h6,8,11-12H,3-5,7,9-10,17H2,1-2H3. The minimum Gasteiger partial charge on any atom is -0.495 e. The Labute approximate surface area is 120 Å². The Balaban J connectivity index is 1.91. The SMILES string of the molecule is COc1ccc(CCC(=O)N2CCCCC2C)cc1N. The number of anilines is 1. The van der Waals surface area contributed by atoms with Crippen molar-refractivity contribution in [1.29, 1.82) is 0 Å². The maximum absolute atomic E-state index is 12.3. The number of methoxy groups -OCH3 is 1. The third kappa shape index (κ3) is 3.44. The average Bonchev–Trinajstić information content (AvgIpc) is 2.45. The zero-order chi connectivity index (χ0) is 14.5. The summed E-state index contributed by atoms with van der Waals surface area (Å²) in [5.74, 6) is 0.941. The molecule has 0 bridgehead atoms. The number of hydrogen-bond acceptors (Lipinski definition) is 3. The molecule has 1 amide bonds. The maximum Gasteiger partial charge on any atom is 0.223 e. The molecule has 1 unspecified atom stereocenters. The van der Waals surface area contributed by atoms with Gasteiger partial charge >= 0.3 is 0 Å². The van der Waals surface area contributed by atoms with Crippen molar-refractivity contribution in [2.45, 2.75) is 45.1 Å². The first-order valence-corrected chi connectivity index (χ1v) is 7.33. The molecule has 1 fully saturated rings. The molecule has 20 heavy (non-hydrogen) atoms. The number of nitrogen functional groups attached to an aromatic ring is 1. The second kappa shape index (κ2) is 6.64. The lowest BCUT2D eigenvalue weighted by Gasteiger charge is -2.33. The van der Waals surface area contributed by atoms with Crippen LogP contribution in [0.1, 0.15) is 38.2 Å². The van der Waals surface area contributed by atoms with E-state index in [1.165, 1.54) is 6.42 Å². The van der Waals surface area contributed by atoms with Crippen molar-refractivity contribution in [3.63, 3.8) is 0 Å². The van der Waals surface area contributed by atoms with Crippen molar-refractivity contribution in [2.75, 3.05) is 19.4 Å². The van der Waals surface area contributed by atoms with E-state index in [4.69, 9.17) is 10.5 Å². The van der Waals surface area contributed by atoms with Crippen molar-refractivity contribution < 1.29 is 9.53 Å². The fourth-order valence-electron chi connectivity index (χ4n) is 2.80. The Bertz CT molecular complexity index is 474. The van der Waals surface area contributed by atoms with E-state index in [0.29, 0.717) is 23.9 Å². The molecular formula is C16H24N2O2. The monoisotopic (exact) mass is 276 g/mol. The van der Waals surface area contributed by atoms with Gasteiger partial charge in [0.1, 0.15) is 5.75 Å². The second-order valence-corrected chi connectivity index (χ2v) is 5.51. The minimum atomic E-state index is 0.256. The fourth-order valence-corrected chi connectivity index (χ4v) is 2.80. The molecule has 1 aliphatic heterocycles. The van der Waals surface area contributed by atoms with Gasteiger partial charge in [-0.2, -0.15) is 0 Å². The Morgan fingerprint density at radius 3 is 2.90 bits per heavy atom. The lowest BCUT2D eigenvalue weighted by atomic mass is 10.0. The number of amides is 1. The van der Waals surface area contributed by atoms with E-state index in [0.717, 1.165) is 31.4 Å². The van der Waals surface area contributed by atoms with Crippen LogP contribution in [0.15, 0.2) is 18.2 Å². The maximum atomic E-state index is 12.3. The predicted octanol–water partition coefficient (Wildman–Crippen LogP) is 2.61. The zero-order valence-corrected chi connectivity index (χ0v) is 12.4. The van der Waals surface area contributed by atoms with Crippen molar-refractivity contribution in [1.82, 2.24) is 4.90 Å². The van der Waals surface area contributed by atoms with Gasteiger partial charge in [0.15, 0.2) is 0 Å². The van der Waals surface area contributed by atoms with Crippen LogP contribution in [0.3, 0.4) is 0 Å². The number of nitrogens with zero attached hydrogens (tertiary/aromatic N) is 1. The molecule has 0 aromatic heterocycles. The van der Waals surface area contributed by atoms with Gasteiger partial charge < -0.3 is 15.4 Å². The molecule has 1 aliphatic rings. The van der Waals surface area contributed by atoms with Crippen LogP contribution in [0.25, 0.3) is 0 Å². The molecule has 0 spiro atoms. The van der Waals surface area contributed by atoms with E-state index in [1.54, 1.807) is 7.11 Å². The summed E-state index contributed by atoms with van der Waals surface area (Å²) in [6.45, 7) is 3.05. The number of likely N-dealkylation sites (tertiary alicyclic amines) is 1. The van der Waals surface area contributed by atoms with Gasteiger partial charge in [0, 0.05) is 19.0 Å². The molecule has 1 atom stereocenters. The van der Waals surface area contributed by atoms with Gasteiger partial charge in [-0.25, -0.2) is 0 Å². The summed E-state index contributed by atoms with van der Waals surface area (Å²) in [6.07, 6.45) is 4.78. The van der Waals surface area contributed by atoms with Gasteiger partial charge in [-0.3, -0.25) is 4.79 Å². The average molecular weight is 276 g/mol. The summed E-state index contributed by atoms with van der Waals surface area (Å²) in [5.41, 5.74) is 7.60. The minimum absolute atomic E-state index is 0.256. The van der Waals surface area contributed by atoms with Crippen LogP contribution < -0.4 is 10.5 Å². The largest absolute Gasteiger partial charge is 0.495 e. The number of nitrogens with two attached hydrogens (primary N) is 1. The van der Waals surface area contributed by atoms with Gasteiger partial charge in [-0.15, -0.1) is 0 Å². The van der Waals surface area contributed by atoms with Crippen molar-refractivity contribution in [3.8, 4) is 5.75 Å². The van der Waals surface area contributed by atoms with E-state index in [-0.39, 0.29) is 5.91 Å². The van der Waals surface area contributed by atoms with Crippen LogP contribution in [0.2, 0.25) is 0 Å². The van der Waals surface area contributed by atoms with Crippen LogP contribution in [-0.2, 0) is 11.2 Å². The van der Waals surface area contributed by atoms with Crippen LogP contribution in [-0.4, -0.2) is 30.5 Å². The topological polar surface area (TPSA) is 55.6 Å².